The number of hydrogen-bond acceptors (Lipinski definition) is 6. The van der Waals surface area contributed by atoms with Gasteiger partial charge in [-0.3, -0.25) is 4.90 Å². The van der Waals surface area contributed by atoms with Crippen molar-refractivity contribution < 1.29 is 23.7 Å². The summed E-state index contributed by atoms with van der Waals surface area (Å²) in [4.78, 5) is 15.7. The Morgan fingerprint density at radius 1 is 0.875 bits per heavy atom. The van der Waals surface area contributed by atoms with Crippen LogP contribution in [0.15, 0.2) is 66.7 Å². The molecule has 0 aromatic heterocycles. The maximum Gasteiger partial charge on any atom is 0.319 e. The lowest BCUT2D eigenvalue weighted by Gasteiger charge is -2.45. The molecule has 3 aromatic rings. The van der Waals surface area contributed by atoms with Crippen molar-refractivity contribution in [2.45, 2.75) is 49.7 Å². The highest BCUT2D eigenvalue weighted by atomic mass is 16.5. The first-order valence-electron chi connectivity index (χ1n) is 13.8. The molecule has 8 nitrogen and oxygen atoms in total. The molecule has 2 N–H and O–H groups in total. The minimum Gasteiger partial charge on any atom is -0.497 e. The molecule has 5 rings (SSSR count). The summed E-state index contributed by atoms with van der Waals surface area (Å²) in [6.45, 7) is 1.87. The van der Waals surface area contributed by atoms with E-state index in [9.17, 15) is 4.79 Å². The zero-order valence-electron chi connectivity index (χ0n) is 23.7. The molecular formula is C32H39N3O5. The summed E-state index contributed by atoms with van der Waals surface area (Å²) in [5.41, 5.74) is 3.17. The van der Waals surface area contributed by atoms with E-state index in [2.05, 4.69) is 58.0 Å². The van der Waals surface area contributed by atoms with Crippen molar-refractivity contribution in [3.63, 3.8) is 0 Å². The van der Waals surface area contributed by atoms with Crippen LogP contribution in [0.5, 0.6) is 23.0 Å². The Bertz CT molecular complexity index is 1290. The number of ether oxygens (including phenoxy) is 4. The number of carbonyl (C=O) groups is 1. The molecule has 0 bridgehead atoms. The largest absolute Gasteiger partial charge is 0.497 e. The molecule has 1 saturated heterocycles. The number of hydrogen-bond donors (Lipinski definition) is 2. The van der Waals surface area contributed by atoms with E-state index >= 15 is 0 Å². The molecule has 2 amide bonds. The first-order valence-corrected chi connectivity index (χ1v) is 13.8. The second-order valence-corrected chi connectivity index (χ2v) is 10.6. The van der Waals surface area contributed by atoms with Crippen molar-refractivity contribution in [3.05, 3.63) is 77.9 Å². The molecule has 2 fully saturated rings. The topological polar surface area (TPSA) is 81.3 Å². The monoisotopic (exact) mass is 545 g/mol. The third-order valence-corrected chi connectivity index (χ3v) is 8.50. The molecule has 1 aliphatic heterocycles. The molecule has 1 saturated carbocycles. The lowest BCUT2D eigenvalue weighted by Crippen LogP contribution is -2.52. The van der Waals surface area contributed by atoms with E-state index in [1.54, 1.807) is 46.6 Å². The van der Waals surface area contributed by atoms with Crippen LogP contribution in [0.3, 0.4) is 0 Å². The number of nitrogens with one attached hydrogen (secondary N) is 2. The maximum atomic E-state index is 13.1. The van der Waals surface area contributed by atoms with Crippen LogP contribution in [0.2, 0.25) is 0 Å². The smallest absolute Gasteiger partial charge is 0.319 e. The van der Waals surface area contributed by atoms with Crippen LogP contribution < -0.4 is 29.6 Å². The van der Waals surface area contributed by atoms with Gasteiger partial charge < -0.3 is 29.6 Å². The van der Waals surface area contributed by atoms with Crippen LogP contribution in [0.4, 0.5) is 10.5 Å². The highest BCUT2D eigenvalue weighted by Gasteiger charge is 2.51. The fraction of sp³-hybridized carbons (Fsp3) is 0.406. The van der Waals surface area contributed by atoms with Gasteiger partial charge in [-0.2, -0.15) is 0 Å². The SMILES string of the molecule is COc1cc(NC(=O)N[C@@H]2CC[C@@]3(c4ccc(OC)c(OC)c4)CCN(Cc4ccccc4)[C@H]3C2)cc(OC)c1. The summed E-state index contributed by atoms with van der Waals surface area (Å²) in [5.74, 6) is 2.73. The van der Waals surface area contributed by atoms with Gasteiger partial charge in [0.15, 0.2) is 11.5 Å². The summed E-state index contributed by atoms with van der Waals surface area (Å²) in [6, 6.07) is 22.4. The molecule has 0 unspecified atom stereocenters. The number of nitrogens with zero attached hydrogens (tertiary/aromatic N) is 1. The molecule has 212 valence electrons. The zero-order valence-corrected chi connectivity index (χ0v) is 23.7. The number of likely N-dealkylation sites (tertiary alicyclic amines) is 1. The molecular weight excluding hydrogens is 506 g/mol. The van der Waals surface area contributed by atoms with Crippen molar-refractivity contribution in [1.29, 1.82) is 0 Å². The number of carbonyl (C=O) groups excluding carboxylic acids is 1. The van der Waals surface area contributed by atoms with E-state index < -0.39 is 0 Å². The molecule has 0 spiro atoms. The molecule has 40 heavy (non-hydrogen) atoms. The maximum absolute atomic E-state index is 13.1. The van der Waals surface area contributed by atoms with E-state index in [1.165, 1.54) is 11.1 Å². The Kier molecular flexibility index (Phi) is 8.35. The summed E-state index contributed by atoms with van der Waals surface area (Å²) in [6.07, 6.45) is 3.77. The third-order valence-electron chi connectivity index (χ3n) is 8.50. The number of methoxy groups -OCH3 is 4. The van der Waals surface area contributed by atoms with Crippen LogP contribution >= 0.6 is 0 Å². The fourth-order valence-corrected chi connectivity index (χ4v) is 6.50. The summed E-state index contributed by atoms with van der Waals surface area (Å²) >= 11 is 0. The van der Waals surface area contributed by atoms with Crippen LogP contribution in [-0.4, -0.2) is 58.0 Å². The number of benzene rings is 3. The molecule has 3 aromatic carbocycles. The van der Waals surface area contributed by atoms with Crippen molar-refractivity contribution in [2.75, 3.05) is 40.3 Å². The van der Waals surface area contributed by atoms with Gasteiger partial charge in [-0.1, -0.05) is 36.4 Å². The quantitative estimate of drug-likeness (QED) is 0.364. The van der Waals surface area contributed by atoms with Gasteiger partial charge >= 0.3 is 6.03 Å². The van der Waals surface area contributed by atoms with Gasteiger partial charge in [0.05, 0.1) is 28.4 Å². The average Bonchev–Trinajstić information content (AvgIpc) is 3.35. The number of rotatable bonds is 9. The second kappa shape index (κ2) is 12.1. The standard InChI is InChI=1S/C32H39N3O5/c1-37-26-17-25(18-27(20-26)38-2)34-31(36)33-24-12-13-32(23-10-11-28(39-3)29(16-23)40-4)14-15-35(30(32)19-24)21-22-8-6-5-7-9-22/h5-11,16-18,20,24,30H,12-15,19,21H2,1-4H3,(H2,33,34,36)/t24-,30+,32+/m1/s1. The zero-order chi connectivity index (χ0) is 28.1. The van der Waals surface area contributed by atoms with Gasteiger partial charge in [-0.15, -0.1) is 0 Å². The van der Waals surface area contributed by atoms with Crippen molar-refractivity contribution in [1.82, 2.24) is 10.2 Å². The number of anilines is 1. The number of urea groups is 1. The highest BCUT2D eigenvalue weighted by Crippen LogP contribution is 2.50. The Hall–Kier alpha value is -3.91. The van der Waals surface area contributed by atoms with E-state index in [0.717, 1.165) is 50.3 Å². The normalized spacial score (nSPS) is 22.2. The third kappa shape index (κ3) is 5.68. The lowest BCUT2D eigenvalue weighted by atomic mass is 9.65. The Morgan fingerprint density at radius 3 is 2.27 bits per heavy atom. The first-order chi connectivity index (χ1) is 19.5. The number of amides is 2. The Balaban J connectivity index is 1.37. The van der Waals surface area contributed by atoms with Crippen LogP contribution in [0, 0.1) is 0 Å². The minimum atomic E-state index is -0.230. The lowest BCUT2D eigenvalue weighted by molar-refractivity contribution is 0.131. The van der Waals surface area contributed by atoms with E-state index in [1.807, 2.05) is 6.07 Å². The highest BCUT2D eigenvalue weighted by molar-refractivity contribution is 5.90. The molecule has 0 radical (unpaired) electrons. The molecule has 3 atom stereocenters. The van der Waals surface area contributed by atoms with Crippen molar-refractivity contribution >= 4 is 11.7 Å². The van der Waals surface area contributed by atoms with Gasteiger partial charge in [-0.05, 0) is 55.5 Å². The van der Waals surface area contributed by atoms with Gasteiger partial charge in [0.1, 0.15) is 11.5 Å². The number of fused-ring (bicyclic) bond motifs is 1. The van der Waals surface area contributed by atoms with Gasteiger partial charge in [0, 0.05) is 47.9 Å². The first kappa shape index (κ1) is 27.6. The van der Waals surface area contributed by atoms with E-state index in [4.69, 9.17) is 18.9 Å². The van der Waals surface area contributed by atoms with Crippen molar-refractivity contribution in [2.24, 2.45) is 0 Å². The van der Waals surface area contributed by atoms with E-state index in [-0.39, 0.29) is 23.5 Å². The van der Waals surface area contributed by atoms with Crippen LogP contribution in [0.1, 0.15) is 36.8 Å². The second-order valence-electron chi connectivity index (χ2n) is 10.6. The summed E-state index contributed by atoms with van der Waals surface area (Å²) in [5, 5.41) is 6.21. The molecule has 1 heterocycles. The van der Waals surface area contributed by atoms with Gasteiger partial charge in [0.25, 0.3) is 0 Å². The predicted octanol–water partition coefficient (Wildman–Crippen LogP) is 5.61. The molecule has 8 heteroatoms. The van der Waals surface area contributed by atoms with E-state index in [0.29, 0.717) is 17.2 Å². The van der Waals surface area contributed by atoms with Crippen LogP contribution in [0.25, 0.3) is 0 Å². The van der Waals surface area contributed by atoms with Gasteiger partial charge in [-0.25, -0.2) is 4.79 Å². The Morgan fingerprint density at radius 2 is 1.60 bits per heavy atom. The predicted molar refractivity (Wildman–Crippen MR) is 156 cm³/mol. The van der Waals surface area contributed by atoms with Crippen LogP contribution in [-0.2, 0) is 12.0 Å². The molecule has 2 aliphatic rings. The average molecular weight is 546 g/mol. The minimum absolute atomic E-state index is 0.0247. The van der Waals surface area contributed by atoms with Gasteiger partial charge in [0.2, 0.25) is 0 Å². The fourth-order valence-electron chi connectivity index (χ4n) is 6.50. The van der Waals surface area contributed by atoms with Crippen molar-refractivity contribution in [3.8, 4) is 23.0 Å². The summed E-state index contributed by atoms with van der Waals surface area (Å²) < 4.78 is 21.9. The summed E-state index contributed by atoms with van der Waals surface area (Å²) in [7, 11) is 6.53. The Labute approximate surface area is 236 Å². The molecule has 1 aliphatic carbocycles.